The Kier molecular flexibility index (Phi) is 4.51. The van der Waals surface area contributed by atoms with Gasteiger partial charge in [-0.2, -0.15) is 0 Å². The van der Waals surface area contributed by atoms with Crippen LogP contribution >= 0.6 is 11.6 Å². The molecule has 1 aromatic heterocycles. The van der Waals surface area contributed by atoms with Crippen molar-refractivity contribution in [2.24, 2.45) is 5.41 Å². The Labute approximate surface area is 159 Å². The van der Waals surface area contributed by atoms with E-state index in [1.165, 1.54) is 4.80 Å². The Morgan fingerprint density at radius 3 is 2.31 bits per heavy atom. The molecule has 3 aromatic rings. The van der Waals surface area contributed by atoms with E-state index in [2.05, 4.69) is 50.9 Å². The number of hydrogen-bond acceptors (Lipinski definition) is 3. The molecule has 5 heteroatoms. The Morgan fingerprint density at radius 2 is 1.65 bits per heavy atom. The third kappa shape index (κ3) is 3.70. The number of aromatic nitrogens is 3. The molecule has 0 unspecified atom stereocenters. The smallest absolute Gasteiger partial charge is 0.146 e. The van der Waals surface area contributed by atoms with Gasteiger partial charge in [-0.1, -0.05) is 52.3 Å². The zero-order chi connectivity index (χ0) is 19.3. The topological polar surface area (TPSA) is 50.9 Å². The monoisotopic (exact) mass is 371 g/mol. The summed E-state index contributed by atoms with van der Waals surface area (Å²) in [7, 11) is 0. The van der Waals surface area contributed by atoms with Crippen LogP contribution in [0.2, 0.25) is 5.02 Å². The summed E-state index contributed by atoms with van der Waals surface area (Å²) in [5.41, 5.74) is 4.18. The molecule has 4 nitrogen and oxygen atoms in total. The van der Waals surface area contributed by atoms with Crippen LogP contribution in [-0.4, -0.2) is 20.1 Å². The highest BCUT2D eigenvalue weighted by atomic mass is 35.5. The van der Waals surface area contributed by atoms with Gasteiger partial charge in [-0.15, -0.1) is 15.0 Å². The van der Waals surface area contributed by atoms with Crippen molar-refractivity contribution in [1.82, 2.24) is 15.0 Å². The molecule has 0 spiro atoms. The molecule has 0 fully saturated rings. The summed E-state index contributed by atoms with van der Waals surface area (Å²) in [4.78, 5) is 1.50. The predicted octanol–water partition coefficient (Wildman–Crippen LogP) is 5.80. The molecular weight excluding hydrogens is 346 g/mol. The molecule has 1 N–H and O–H groups in total. The first-order valence-corrected chi connectivity index (χ1v) is 9.21. The first kappa shape index (κ1) is 18.7. The van der Waals surface area contributed by atoms with Gasteiger partial charge in [-0.25, -0.2) is 0 Å². The summed E-state index contributed by atoms with van der Waals surface area (Å²) in [5, 5.41) is 20.3. The van der Waals surface area contributed by atoms with E-state index in [0.717, 1.165) is 23.1 Å². The van der Waals surface area contributed by atoms with E-state index >= 15 is 0 Å². The van der Waals surface area contributed by atoms with Crippen LogP contribution in [-0.2, 0) is 5.41 Å². The van der Waals surface area contributed by atoms with Gasteiger partial charge in [0.2, 0.25) is 0 Å². The van der Waals surface area contributed by atoms with Crippen LogP contribution < -0.4 is 0 Å². The molecule has 1 heterocycles. The number of aromatic hydroxyl groups is 1. The highest BCUT2D eigenvalue weighted by Crippen LogP contribution is 2.39. The second kappa shape index (κ2) is 6.27. The molecule has 0 aliphatic heterocycles. The number of phenolic OH excluding ortho intramolecular Hbond substituents is 1. The molecule has 2 aromatic carbocycles. The Bertz CT molecular complexity index is 967. The van der Waals surface area contributed by atoms with Gasteiger partial charge >= 0.3 is 0 Å². The summed E-state index contributed by atoms with van der Waals surface area (Å²) in [6, 6.07) is 9.45. The minimum absolute atomic E-state index is 0.0403. The van der Waals surface area contributed by atoms with Crippen LogP contribution in [0.5, 0.6) is 5.75 Å². The van der Waals surface area contributed by atoms with Crippen LogP contribution in [0.25, 0.3) is 16.7 Å². The number of fused-ring (bicyclic) bond motifs is 1. The van der Waals surface area contributed by atoms with Gasteiger partial charge in [0.05, 0.1) is 0 Å². The molecule has 0 aliphatic rings. The van der Waals surface area contributed by atoms with Crippen molar-refractivity contribution >= 4 is 22.6 Å². The number of nitrogens with zero attached hydrogens (tertiary/aromatic N) is 3. The molecule has 0 radical (unpaired) electrons. The van der Waals surface area contributed by atoms with E-state index < -0.39 is 0 Å². The maximum atomic E-state index is 10.6. The van der Waals surface area contributed by atoms with Gasteiger partial charge in [-0.3, -0.25) is 0 Å². The lowest BCUT2D eigenvalue weighted by atomic mass is 9.72. The molecule has 138 valence electrons. The average molecular weight is 372 g/mol. The molecule has 26 heavy (non-hydrogen) atoms. The third-order valence-electron chi connectivity index (χ3n) is 4.59. The van der Waals surface area contributed by atoms with Crippen molar-refractivity contribution in [2.45, 2.75) is 53.4 Å². The quantitative estimate of drug-likeness (QED) is 0.632. The van der Waals surface area contributed by atoms with Crippen molar-refractivity contribution in [2.75, 3.05) is 0 Å². The second-order valence-corrected chi connectivity index (χ2v) is 9.34. The van der Waals surface area contributed by atoms with E-state index in [0.29, 0.717) is 16.2 Å². The zero-order valence-corrected chi connectivity index (χ0v) is 17.0. The Hall–Kier alpha value is -2.07. The Balaban J connectivity index is 2.13. The summed E-state index contributed by atoms with van der Waals surface area (Å²) in [6.45, 7) is 13.1. The molecule has 0 saturated carbocycles. The van der Waals surface area contributed by atoms with Crippen molar-refractivity contribution < 1.29 is 5.11 Å². The molecule has 3 rings (SSSR count). The highest BCUT2D eigenvalue weighted by molar-refractivity contribution is 6.31. The largest absolute Gasteiger partial charge is 0.505 e. The van der Waals surface area contributed by atoms with Gasteiger partial charge in [0.1, 0.15) is 22.5 Å². The normalized spacial score (nSPS) is 12.7. The van der Waals surface area contributed by atoms with Crippen molar-refractivity contribution in [3.05, 3.63) is 46.5 Å². The third-order valence-corrected chi connectivity index (χ3v) is 4.83. The highest BCUT2D eigenvalue weighted by Gasteiger charge is 2.29. The fourth-order valence-electron chi connectivity index (χ4n) is 3.73. The van der Waals surface area contributed by atoms with Crippen LogP contribution in [0, 0.1) is 12.3 Å². The SMILES string of the molecule is Cc1cc(C(C)(C)CC(C)(C)C)cc(-n2nc3ccc(Cl)cc3n2)c1O. The number of phenols is 1. The molecular formula is C21H26ClN3O. The van der Waals surface area contributed by atoms with Gasteiger partial charge in [0, 0.05) is 5.02 Å². The number of benzene rings is 2. The maximum absolute atomic E-state index is 10.6. The number of hydrogen-bond donors (Lipinski definition) is 1. The van der Waals surface area contributed by atoms with Gasteiger partial charge < -0.3 is 5.11 Å². The molecule has 0 amide bonds. The molecule has 0 aliphatic carbocycles. The average Bonchev–Trinajstić information content (AvgIpc) is 2.90. The van der Waals surface area contributed by atoms with Crippen molar-refractivity contribution in [3.63, 3.8) is 0 Å². The minimum Gasteiger partial charge on any atom is -0.505 e. The number of rotatable bonds is 3. The maximum Gasteiger partial charge on any atom is 0.146 e. The second-order valence-electron chi connectivity index (χ2n) is 8.90. The first-order chi connectivity index (χ1) is 12.0. The van der Waals surface area contributed by atoms with Gasteiger partial charge in [-0.05, 0) is 59.6 Å². The molecule has 0 saturated heterocycles. The van der Waals surface area contributed by atoms with E-state index in [1.54, 1.807) is 12.1 Å². The van der Waals surface area contributed by atoms with Gasteiger partial charge in [0.25, 0.3) is 0 Å². The van der Waals surface area contributed by atoms with Crippen LogP contribution in [0.15, 0.2) is 30.3 Å². The van der Waals surface area contributed by atoms with Crippen LogP contribution in [0.1, 0.15) is 52.2 Å². The van der Waals surface area contributed by atoms with E-state index in [4.69, 9.17) is 11.6 Å². The standard InChI is InChI=1S/C21H26ClN3O/c1-13-9-14(21(5,6)12-20(2,3)4)10-18(19(13)26)25-23-16-8-7-15(22)11-17(16)24-25/h7-11,26H,12H2,1-6H3. The fourth-order valence-corrected chi connectivity index (χ4v) is 3.89. The summed E-state index contributed by atoms with van der Waals surface area (Å²) < 4.78 is 0. The number of aryl methyl sites for hydroxylation is 1. The minimum atomic E-state index is -0.0403. The first-order valence-electron chi connectivity index (χ1n) is 8.83. The molecule has 0 bridgehead atoms. The van der Waals surface area contributed by atoms with Gasteiger partial charge in [0.15, 0.2) is 0 Å². The van der Waals surface area contributed by atoms with Crippen LogP contribution in [0.3, 0.4) is 0 Å². The van der Waals surface area contributed by atoms with Crippen LogP contribution in [0.4, 0.5) is 0 Å². The predicted molar refractivity (Wildman–Crippen MR) is 107 cm³/mol. The zero-order valence-electron chi connectivity index (χ0n) is 16.3. The van der Waals surface area contributed by atoms with Crippen molar-refractivity contribution in [1.29, 1.82) is 0 Å². The molecule has 0 atom stereocenters. The lowest BCUT2D eigenvalue weighted by Crippen LogP contribution is -2.25. The summed E-state index contributed by atoms with van der Waals surface area (Å²) >= 11 is 6.05. The number of halogens is 1. The lowest BCUT2D eigenvalue weighted by Gasteiger charge is -2.33. The lowest BCUT2D eigenvalue weighted by molar-refractivity contribution is 0.284. The van der Waals surface area contributed by atoms with E-state index in [-0.39, 0.29) is 16.6 Å². The summed E-state index contributed by atoms with van der Waals surface area (Å²) in [6.07, 6.45) is 1.02. The van der Waals surface area contributed by atoms with E-state index in [9.17, 15) is 5.11 Å². The van der Waals surface area contributed by atoms with E-state index in [1.807, 2.05) is 19.1 Å². The summed E-state index contributed by atoms with van der Waals surface area (Å²) in [5.74, 6) is 0.201. The fraction of sp³-hybridized carbons (Fsp3) is 0.429. The Morgan fingerprint density at radius 1 is 1.00 bits per heavy atom. The van der Waals surface area contributed by atoms with Crippen molar-refractivity contribution in [3.8, 4) is 11.4 Å².